The molecule has 1 aliphatic rings. The molecule has 0 atom stereocenters. The third-order valence-electron chi connectivity index (χ3n) is 4.52. The molecule has 0 unspecified atom stereocenters. The minimum Gasteiger partial charge on any atom is -0.302 e. The molecule has 1 aromatic carbocycles. The number of hydrogen-bond acceptors (Lipinski definition) is 6. The van der Waals surface area contributed by atoms with Gasteiger partial charge in [-0.25, -0.2) is 9.97 Å². The first kappa shape index (κ1) is 18.7. The van der Waals surface area contributed by atoms with Crippen molar-refractivity contribution in [3.05, 3.63) is 58.6 Å². The maximum atomic E-state index is 12.2. The van der Waals surface area contributed by atoms with Crippen LogP contribution in [0.5, 0.6) is 0 Å². The van der Waals surface area contributed by atoms with Crippen LogP contribution in [0.25, 0.3) is 11.3 Å². The van der Waals surface area contributed by atoms with Crippen molar-refractivity contribution in [1.82, 2.24) is 9.97 Å². The molecule has 1 amide bonds. The molecule has 0 saturated carbocycles. The second-order valence-electron chi connectivity index (χ2n) is 6.46. The Morgan fingerprint density at radius 2 is 2.11 bits per heavy atom. The molecule has 5 nitrogen and oxygen atoms in total. The van der Waals surface area contributed by atoms with E-state index in [1.807, 2.05) is 41.8 Å². The second kappa shape index (κ2) is 8.55. The number of thioether (sulfide) groups is 1. The van der Waals surface area contributed by atoms with Gasteiger partial charge in [-0.1, -0.05) is 30.3 Å². The Morgan fingerprint density at radius 1 is 1.25 bits per heavy atom. The number of fused-ring (bicyclic) bond motifs is 1. The average Bonchev–Trinajstić information content (AvgIpc) is 3.37. The van der Waals surface area contributed by atoms with Crippen molar-refractivity contribution in [2.45, 2.75) is 30.7 Å². The summed E-state index contributed by atoms with van der Waals surface area (Å²) in [4.78, 5) is 21.4. The van der Waals surface area contributed by atoms with Gasteiger partial charge in [0.05, 0.1) is 11.3 Å². The van der Waals surface area contributed by atoms with Crippen molar-refractivity contribution in [1.29, 1.82) is 5.26 Å². The number of hydrogen-bond donors (Lipinski definition) is 1. The Kier molecular flexibility index (Phi) is 5.70. The van der Waals surface area contributed by atoms with Crippen molar-refractivity contribution in [3.8, 4) is 17.3 Å². The predicted molar refractivity (Wildman–Crippen MR) is 112 cm³/mol. The largest absolute Gasteiger partial charge is 0.302 e. The van der Waals surface area contributed by atoms with Crippen molar-refractivity contribution in [2.75, 3.05) is 11.1 Å². The topological polar surface area (TPSA) is 78.7 Å². The third kappa shape index (κ3) is 4.24. The van der Waals surface area contributed by atoms with E-state index in [4.69, 9.17) is 0 Å². The molecular formula is C21H18N4OS2. The van der Waals surface area contributed by atoms with E-state index in [-0.39, 0.29) is 5.91 Å². The van der Waals surface area contributed by atoms with E-state index >= 15 is 0 Å². The lowest BCUT2D eigenvalue weighted by Crippen LogP contribution is -2.12. The summed E-state index contributed by atoms with van der Waals surface area (Å²) in [6.07, 6.45) is 3.42. The Hall–Kier alpha value is -2.69. The molecule has 4 rings (SSSR count). The summed E-state index contributed by atoms with van der Waals surface area (Å²) in [7, 11) is 0. The van der Waals surface area contributed by atoms with E-state index in [1.54, 1.807) is 0 Å². The van der Waals surface area contributed by atoms with Crippen molar-refractivity contribution in [3.63, 3.8) is 0 Å². The van der Waals surface area contributed by atoms with Gasteiger partial charge >= 0.3 is 0 Å². The van der Waals surface area contributed by atoms with Gasteiger partial charge in [-0.3, -0.25) is 4.79 Å². The minimum absolute atomic E-state index is 0.0823. The SMILES string of the molecule is N#Cc1cc2c(nc1SCCC(=O)Nc1nc(-c3ccccc3)cs1)CCC2. The van der Waals surface area contributed by atoms with Crippen molar-refractivity contribution < 1.29 is 4.79 Å². The third-order valence-corrected chi connectivity index (χ3v) is 6.27. The summed E-state index contributed by atoms with van der Waals surface area (Å²) in [6.45, 7) is 0. The van der Waals surface area contributed by atoms with Crippen LogP contribution >= 0.6 is 23.1 Å². The molecule has 140 valence electrons. The average molecular weight is 407 g/mol. The monoisotopic (exact) mass is 406 g/mol. The number of nitrogens with one attached hydrogen (secondary N) is 1. The molecule has 0 bridgehead atoms. The number of benzene rings is 1. The summed E-state index contributed by atoms with van der Waals surface area (Å²) in [5, 5.41) is 15.5. The number of carbonyl (C=O) groups is 1. The Balaban J connectivity index is 1.32. The predicted octanol–water partition coefficient (Wildman–Crippen LogP) is 4.69. The van der Waals surface area contributed by atoms with Gasteiger partial charge < -0.3 is 5.32 Å². The van der Waals surface area contributed by atoms with Gasteiger partial charge in [0.2, 0.25) is 5.91 Å². The highest BCUT2D eigenvalue weighted by molar-refractivity contribution is 7.99. The first-order valence-corrected chi connectivity index (χ1v) is 11.0. The van der Waals surface area contributed by atoms with E-state index in [0.29, 0.717) is 22.9 Å². The molecule has 0 fully saturated rings. The summed E-state index contributed by atoms with van der Waals surface area (Å²) < 4.78 is 0. The zero-order valence-electron chi connectivity index (χ0n) is 15.1. The Labute approximate surface area is 171 Å². The standard InChI is InChI=1S/C21H18N4OS2/c22-12-16-11-15-7-4-8-17(15)23-20(16)27-10-9-19(26)25-21-24-18(13-28-21)14-5-2-1-3-6-14/h1-3,5-6,11,13H,4,7-10H2,(H,24,25,26). The van der Waals surface area contributed by atoms with Crippen molar-refractivity contribution >= 4 is 34.1 Å². The van der Waals surface area contributed by atoms with Gasteiger partial charge in [-0.15, -0.1) is 23.1 Å². The zero-order valence-corrected chi connectivity index (χ0v) is 16.8. The summed E-state index contributed by atoms with van der Waals surface area (Å²) in [5.41, 5.74) is 4.79. The molecule has 2 aromatic heterocycles. The number of pyridine rings is 1. The normalized spacial score (nSPS) is 12.4. The fourth-order valence-electron chi connectivity index (χ4n) is 3.14. The number of carbonyl (C=O) groups excluding carboxylic acids is 1. The zero-order chi connectivity index (χ0) is 19.3. The van der Waals surface area contributed by atoms with E-state index < -0.39 is 0 Å². The summed E-state index contributed by atoms with van der Waals surface area (Å²) >= 11 is 2.88. The molecule has 0 radical (unpaired) electrons. The quantitative estimate of drug-likeness (QED) is 0.601. The van der Waals surface area contributed by atoms with Crippen LogP contribution in [0.15, 0.2) is 46.8 Å². The fourth-order valence-corrected chi connectivity index (χ4v) is 4.79. The minimum atomic E-state index is -0.0823. The van der Waals surface area contributed by atoms with E-state index in [1.165, 1.54) is 28.7 Å². The molecule has 0 spiro atoms. The highest BCUT2D eigenvalue weighted by atomic mass is 32.2. The van der Waals surface area contributed by atoms with Gasteiger partial charge in [-0.05, 0) is 30.9 Å². The first-order chi connectivity index (χ1) is 13.7. The maximum Gasteiger partial charge on any atom is 0.226 e. The first-order valence-electron chi connectivity index (χ1n) is 9.09. The smallest absolute Gasteiger partial charge is 0.226 e. The van der Waals surface area contributed by atoms with E-state index in [9.17, 15) is 10.1 Å². The van der Waals surface area contributed by atoms with Gasteiger partial charge in [0.25, 0.3) is 0 Å². The molecule has 0 saturated heterocycles. The molecule has 0 aliphatic heterocycles. The van der Waals surface area contributed by atoms with Crippen LogP contribution in [-0.4, -0.2) is 21.6 Å². The fraction of sp³-hybridized carbons (Fsp3) is 0.238. The molecule has 1 aliphatic carbocycles. The highest BCUT2D eigenvalue weighted by Gasteiger charge is 2.17. The molecule has 3 aromatic rings. The van der Waals surface area contributed by atoms with Gasteiger partial charge in [0.15, 0.2) is 5.13 Å². The van der Waals surface area contributed by atoms with E-state index in [0.717, 1.165) is 41.2 Å². The number of amides is 1. The number of nitrogens with zero attached hydrogens (tertiary/aromatic N) is 3. The summed E-state index contributed by atoms with van der Waals surface area (Å²) in [5.74, 6) is 0.490. The number of aromatic nitrogens is 2. The lowest BCUT2D eigenvalue weighted by atomic mass is 10.2. The van der Waals surface area contributed by atoms with Crippen LogP contribution in [0, 0.1) is 11.3 Å². The molecule has 2 heterocycles. The molecule has 28 heavy (non-hydrogen) atoms. The summed E-state index contributed by atoms with van der Waals surface area (Å²) in [6, 6.07) is 14.1. The van der Waals surface area contributed by atoms with Gasteiger partial charge in [-0.2, -0.15) is 5.26 Å². The van der Waals surface area contributed by atoms with Crippen LogP contribution in [0.2, 0.25) is 0 Å². The highest BCUT2D eigenvalue weighted by Crippen LogP contribution is 2.28. The Morgan fingerprint density at radius 3 is 2.93 bits per heavy atom. The number of aryl methyl sites for hydroxylation is 2. The number of thiazole rings is 1. The van der Waals surface area contributed by atoms with Crippen molar-refractivity contribution in [2.24, 2.45) is 0 Å². The van der Waals surface area contributed by atoms with Crippen LogP contribution in [-0.2, 0) is 17.6 Å². The van der Waals surface area contributed by atoms with Crippen LogP contribution < -0.4 is 5.32 Å². The lowest BCUT2D eigenvalue weighted by Gasteiger charge is -2.06. The number of nitriles is 1. The maximum absolute atomic E-state index is 12.2. The molecule has 7 heteroatoms. The van der Waals surface area contributed by atoms with Crippen LogP contribution in [0.3, 0.4) is 0 Å². The van der Waals surface area contributed by atoms with Gasteiger partial charge in [0, 0.05) is 28.8 Å². The van der Waals surface area contributed by atoms with Gasteiger partial charge in [0.1, 0.15) is 11.1 Å². The number of rotatable bonds is 6. The number of anilines is 1. The Bertz CT molecular complexity index is 1040. The molecular weight excluding hydrogens is 388 g/mol. The lowest BCUT2D eigenvalue weighted by molar-refractivity contribution is -0.115. The second-order valence-corrected chi connectivity index (χ2v) is 8.40. The van der Waals surface area contributed by atoms with E-state index in [2.05, 4.69) is 21.4 Å². The van der Waals surface area contributed by atoms with Crippen LogP contribution in [0.4, 0.5) is 5.13 Å². The van der Waals surface area contributed by atoms with Crippen LogP contribution in [0.1, 0.15) is 29.7 Å². The molecule has 1 N–H and O–H groups in total.